The minimum atomic E-state index is -0.357. The first-order chi connectivity index (χ1) is 18.5. The van der Waals surface area contributed by atoms with Gasteiger partial charge in [0.25, 0.3) is 6.54 Å². The Morgan fingerprint density at radius 1 is 1.13 bits per heavy atom. The Balaban J connectivity index is 1.49. The van der Waals surface area contributed by atoms with Crippen molar-refractivity contribution < 1.29 is 4.92 Å². The van der Waals surface area contributed by atoms with Crippen LogP contribution in [0.25, 0.3) is 33.5 Å². The maximum atomic E-state index is 11.0. The number of aryl methyl sites for hydroxylation is 2. The lowest BCUT2D eigenvalue weighted by molar-refractivity contribution is -0.462. The smallest absolute Gasteiger partial charge is 0.251 e. The second-order valence-electron chi connectivity index (χ2n) is 8.78. The summed E-state index contributed by atoms with van der Waals surface area (Å²) in [6.07, 6.45) is 2.58. The molecule has 1 N–H and O–H groups in total. The number of aliphatic imine (C=N–C) groups is 1. The van der Waals surface area contributed by atoms with Crippen LogP contribution >= 0.6 is 11.8 Å². The molecule has 5 aromatic rings. The average Bonchev–Trinajstić information content (AvgIpc) is 3.57. The molecule has 0 unspecified atom stereocenters. The van der Waals surface area contributed by atoms with Gasteiger partial charge in [0.1, 0.15) is 10.9 Å². The fourth-order valence-corrected chi connectivity index (χ4v) is 4.94. The van der Waals surface area contributed by atoms with Gasteiger partial charge in [-0.25, -0.2) is 9.98 Å². The molecule has 3 aromatic carbocycles. The van der Waals surface area contributed by atoms with Crippen LogP contribution in [-0.2, 0) is 13.0 Å². The lowest BCUT2D eigenvalue weighted by Crippen LogP contribution is -2.09. The Morgan fingerprint density at radius 3 is 2.55 bits per heavy atom. The predicted octanol–water partition coefficient (Wildman–Crippen LogP) is 5.47. The summed E-state index contributed by atoms with van der Waals surface area (Å²) in [7, 11) is 0. The number of imidazole rings is 1. The first-order valence-electron chi connectivity index (χ1n) is 12.1. The van der Waals surface area contributed by atoms with Crippen LogP contribution in [0.3, 0.4) is 0 Å². The summed E-state index contributed by atoms with van der Waals surface area (Å²) in [6, 6.07) is 20.3. The van der Waals surface area contributed by atoms with E-state index in [0.717, 1.165) is 51.1 Å². The van der Waals surface area contributed by atoms with Crippen LogP contribution in [0.15, 0.2) is 65.7 Å². The fourth-order valence-electron chi connectivity index (χ4n) is 4.51. The molecule has 11 heteroatoms. The van der Waals surface area contributed by atoms with Crippen molar-refractivity contribution >= 4 is 33.5 Å². The Labute approximate surface area is 223 Å². The van der Waals surface area contributed by atoms with E-state index in [9.17, 15) is 10.1 Å². The number of tetrazole rings is 1. The number of nitro groups is 1. The van der Waals surface area contributed by atoms with Crippen LogP contribution in [-0.4, -0.2) is 52.9 Å². The highest BCUT2D eigenvalue weighted by atomic mass is 32.2. The van der Waals surface area contributed by atoms with Gasteiger partial charge in [0.2, 0.25) is 5.82 Å². The molecule has 192 valence electrons. The molecule has 0 aliphatic carbocycles. The maximum Gasteiger partial charge on any atom is 0.251 e. The monoisotopic (exact) mass is 526 g/mol. The number of rotatable bonds is 8. The van der Waals surface area contributed by atoms with E-state index in [-0.39, 0.29) is 11.5 Å². The number of H-pyrrole nitrogens is 1. The van der Waals surface area contributed by atoms with E-state index >= 15 is 0 Å². The Morgan fingerprint density at radius 2 is 1.89 bits per heavy atom. The molecular weight excluding hydrogens is 500 g/mol. The third kappa shape index (κ3) is 5.18. The molecular formula is C27H26N8O2S. The first kappa shape index (κ1) is 25.3. The summed E-state index contributed by atoms with van der Waals surface area (Å²) < 4.78 is 2.20. The number of aromatic amines is 1. The zero-order valence-electron chi connectivity index (χ0n) is 21.3. The van der Waals surface area contributed by atoms with E-state index in [0.29, 0.717) is 23.1 Å². The van der Waals surface area contributed by atoms with E-state index in [1.165, 1.54) is 11.8 Å². The highest BCUT2D eigenvalue weighted by molar-refractivity contribution is 8.13. The van der Waals surface area contributed by atoms with Crippen molar-refractivity contribution in [2.24, 2.45) is 4.99 Å². The molecule has 0 aliphatic heterocycles. The Hall–Kier alpha value is -4.38. The molecule has 38 heavy (non-hydrogen) atoms. The third-order valence-corrected chi connectivity index (χ3v) is 6.99. The number of aromatic nitrogens is 6. The van der Waals surface area contributed by atoms with Crippen molar-refractivity contribution in [1.29, 1.82) is 0 Å². The number of hydrogen-bond donors (Lipinski definition) is 1. The van der Waals surface area contributed by atoms with E-state index in [4.69, 9.17) is 4.98 Å². The standard InChI is InChI=1S/C27H26N8O2S/c1-4-24-29-26-17(2)13-20(28-25(38-3)16-35(36)37)14-23(26)34(24)15-18-9-11-19(12-10-18)21-7-5-6-8-22(21)27-30-32-33-31-27/h5-14H,4,15-16H2,1-3H3,(H,30,31,32,33). The lowest BCUT2D eigenvalue weighted by atomic mass is 9.98. The molecule has 0 radical (unpaired) electrons. The molecule has 0 saturated carbocycles. The molecule has 2 heterocycles. The van der Waals surface area contributed by atoms with Crippen LogP contribution in [0.4, 0.5) is 5.69 Å². The lowest BCUT2D eigenvalue weighted by Gasteiger charge is -2.11. The van der Waals surface area contributed by atoms with Gasteiger partial charge in [-0.1, -0.05) is 55.5 Å². The van der Waals surface area contributed by atoms with Crippen LogP contribution < -0.4 is 0 Å². The van der Waals surface area contributed by atoms with Crippen molar-refractivity contribution in [3.63, 3.8) is 0 Å². The second kappa shape index (κ2) is 10.9. The van der Waals surface area contributed by atoms with Crippen LogP contribution in [0, 0.1) is 17.0 Å². The summed E-state index contributed by atoms with van der Waals surface area (Å²) >= 11 is 1.29. The quantitative estimate of drug-likeness (QED) is 0.123. The summed E-state index contributed by atoms with van der Waals surface area (Å²) in [5, 5.41) is 26.0. The maximum absolute atomic E-state index is 11.0. The molecule has 5 rings (SSSR count). The number of benzene rings is 3. The summed E-state index contributed by atoms with van der Waals surface area (Å²) in [5.74, 6) is 1.53. The summed E-state index contributed by atoms with van der Waals surface area (Å²) in [5.41, 5.74) is 7.70. The van der Waals surface area contributed by atoms with E-state index in [1.54, 1.807) is 6.26 Å². The van der Waals surface area contributed by atoms with Gasteiger partial charge in [-0.2, -0.15) is 5.21 Å². The van der Waals surface area contributed by atoms with Crippen LogP contribution in [0.2, 0.25) is 0 Å². The topological polar surface area (TPSA) is 128 Å². The molecule has 0 aliphatic rings. The van der Waals surface area contributed by atoms with Gasteiger partial charge in [-0.05, 0) is 52.8 Å². The molecule has 10 nitrogen and oxygen atoms in total. The zero-order chi connectivity index (χ0) is 26.6. The minimum Gasteiger partial charge on any atom is -0.323 e. The summed E-state index contributed by atoms with van der Waals surface area (Å²) in [4.78, 5) is 20.1. The van der Waals surface area contributed by atoms with Gasteiger partial charge in [-0.3, -0.25) is 10.1 Å². The highest BCUT2D eigenvalue weighted by Crippen LogP contribution is 2.31. The zero-order valence-corrected chi connectivity index (χ0v) is 22.1. The molecule has 0 atom stereocenters. The first-order valence-corrected chi connectivity index (χ1v) is 13.3. The van der Waals surface area contributed by atoms with Crippen molar-refractivity contribution in [2.75, 3.05) is 12.8 Å². The molecule has 0 saturated heterocycles. The molecule has 0 amide bonds. The number of nitrogens with zero attached hydrogens (tertiary/aromatic N) is 7. The van der Waals surface area contributed by atoms with Gasteiger partial charge < -0.3 is 4.57 Å². The third-order valence-electron chi connectivity index (χ3n) is 6.30. The van der Waals surface area contributed by atoms with Crippen molar-refractivity contribution in [1.82, 2.24) is 30.2 Å². The largest absolute Gasteiger partial charge is 0.323 e. The van der Waals surface area contributed by atoms with Crippen molar-refractivity contribution in [3.05, 3.63) is 87.7 Å². The van der Waals surface area contributed by atoms with Gasteiger partial charge in [0, 0.05) is 23.5 Å². The highest BCUT2D eigenvalue weighted by Gasteiger charge is 2.15. The normalized spacial score (nSPS) is 11.8. The van der Waals surface area contributed by atoms with Gasteiger partial charge >= 0.3 is 0 Å². The summed E-state index contributed by atoms with van der Waals surface area (Å²) in [6.45, 7) is 4.44. The molecule has 0 bridgehead atoms. The van der Waals surface area contributed by atoms with Crippen molar-refractivity contribution in [2.45, 2.75) is 26.8 Å². The Kier molecular flexibility index (Phi) is 7.27. The van der Waals surface area contributed by atoms with Crippen LogP contribution in [0.5, 0.6) is 0 Å². The fraction of sp³-hybridized carbons (Fsp3) is 0.222. The van der Waals surface area contributed by atoms with Gasteiger partial charge in [-0.15, -0.1) is 22.0 Å². The van der Waals surface area contributed by atoms with E-state index in [2.05, 4.69) is 61.4 Å². The Bertz CT molecular complexity index is 1630. The van der Waals surface area contributed by atoms with E-state index in [1.807, 2.05) is 43.3 Å². The van der Waals surface area contributed by atoms with Crippen LogP contribution in [0.1, 0.15) is 23.9 Å². The molecule has 2 aromatic heterocycles. The average molecular weight is 527 g/mol. The SMILES string of the molecule is CCc1nc2c(C)cc(N=C(C[N+](=O)[O-])SC)cc2n1Cc1ccc(-c2ccccc2-c2nn[nH]n2)cc1. The van der Waals surface area contributed by atoms with Gasteiger partial charge in [0.15, 0.2) is 0 Å². The molecule has 0 spiro atoms. The van der Waals surface area contributed by atoms with Crippen molar-refractivity contribution in [3.8, 4) is 22.5 Å². The minimum absolute atomic E-state index is 0.292. The number of hydrogen-bond acceptors (Lipinski definition) is 8. The van der Waals surface area contributed by atoms with E-state index < -0.39 is 0 Å². The molecule has 0 fully saturated rings. The number of nitrogens with one attached hydrogen (secondary N) is 1. The second-order valence-corrected chi connectivity index (χ2v) is 9.66. The van der Waals surface area contributed by atoms with Gasteiger partial charge in [0.05, 0.1) is 16.7 Å². The predicted molar refractivity (Wildman–Crippen MR) is 150 cm³/mol. The number of fused-ring (bicyclic) bond motifs is 1. The number of thioether (sulfide) groups is 1.